The van der Waals surface area contributed by atoms with E-state index in [4.69, 9.17) is 21.1 Å². The van der Waals surface area contributed by atoms with E-state index >= 15 is 0 Å². The molecule has 0 fully saturated rings. The number of sulfonamides is 1. The minimum atomic E-state index is -4.03. The maximum absolute atomic E-state index is 13.5. The zero-order valence-corrected chi connectivity index (χ0v) is 17.4. The minimum Gasteiger partial charge on any atom is -0.493 e. The molecule has 0 aliphatic rings. The van der Waals surface area contributed by atoms with E-state index in [2.05, 4.69) is 0 Å². The lowest BCUT2D eigenvalue weighted by atomic mass is 10.2. The number of anilines is 1. The average Bonchev–Trinajstić information content (AvgIpc) is 2.72. The number of rotatable bonds is 7. The van der Waals surface area contributed by atoms with Gasteiger partial charge in [-0.3, -0.25) is 4.31 Å². The Morgan fingerprint density at radius 2 is 1.59 bits per heavy atom. The lowest BCUT2D eigenvalue weighted by Crippen LogP contribution is -2.30. The largest absolute Gasteiger partial charge is 0.493 e. The van der Waals surface area contributed by atoms with Crippen molar-refractivity contribution in [3.8, 4) is 11.5 Å². The zero-order chi connectivity index (χ0) is 21.0. The fraction of sp³-hybridized carbons (Fsp3) is 0.143. The molecular weight excluding hydrogens is 417 g/mol. The van der Waals surface area contributed by atoms with Gasteiger partial charge in [-0.25, -0.2) is 12.8 Å². The van der Waals surface area contributed by atoms with Crippen molar-refractivity contribution in [1.82, 2.24) is 0 Å². The molecular formula is C21H19ClFNO4S. The zero-order valence-electron chi connectivity index (χ0n) is 15.8. The summed E-state index contributed by atoms with van der Waals surface area (Å²) < 4.78 is 52.0. The van der Waals surface area contributed by atoms with Crippen LogP contribution < -0.4 is 13.8 Å². The first kappa shape index (κ1) is 21.0. The summed E-state index contributed by atoms with van der Waals surface area (Å²) >= 11 is 6.17. The maximum Gasteiger partial charge on any atom is 0.266 e. The van der Waals surface area contributed by atoms with Gasteiger partial charge in [-0.1, -0.05) is 35.9 Å². The van der Waals surface area contributed by atoms with Gasteiger partial charge in [0.2, 0.25) is 0 Å². The van der Waals surface area contributed by atoms with Crippen LogP contribution in [0.3, 0.4) is 0 Å². The van der Waals surface area contributed by atoms with Crippen LogP contribution in [-0.4, -0.2) is 22.6 Å². The molecule has 0 unspecified atom stereocenters. The van der Waals surface area contributed by atoms with Crippen molar-refractivity contribution in [3.63, 3.8) is 0 Å². The van der Waals surface area contributed by atoms with Gasteiger partial charge >= 0.3 is 0 Å². The van der Waals surface area contributed by atoms with Crippen molar-refractivity contribution in [3.05, 3.63) is 83.1 Å². The number of ether oxygens (including phenoxy) is 2. The molecule has 0 spiro atoms. The molecule has 0 N–H and O–H groups in total. The third kappa shape index (κ3) is 4.46. The molecule has 0 heterocycles. The van der Waals surface area contributed by atoms with Crippen molar-refractivity contribution >= 4 is 27.3 Å². The van der Waals surface area contributed by atoms with E-state index in [0.29, 0.717) is 22.7 Å². The Bertz CT molecular complexity index is 1100. The predicted molar refractivity (Wildman–Crippen MR) is 111 cm³/mol. The molecule has 0 atom stereocenters. The molecule has 0 amide bonds. The Balaban J connectivity index is 2.14. The first-order valence-corrected chi connectivity index (χ1v) is 10.4. The first-order valence-electron chi connectivity index (χ1n) is 8.60. The first-order chi connectivity index (χ1) is 13.9. The lowest BCUT2D eigenvalue weighted by Gasteiger charge is -2.26. The van der Waals surface area contributed by atoms with Gasteiger partial charge in [-0.15, -0.1) is 0 Å². The highest BCUT2D eigenvalue weighted by atomic mass is 35.5. The molecule has 8 heteroatoms. The molecule has 0 saturated carbocycles. The summed E-state index contributed by atoms with van der Waals surface area (Å²) in [5, 5.41) is 0.108. The third-order valence-corrected chi connectivity index (χ3v) is 6.57. The van der Waals surface area contributed by atoms with Crippen LogP contribution >= 0.6 is 11.6 Å². The van der Waals surface area contributed by atoms with Gasteiger partial charge in [0.15, 0.2) is 11.5 Å². The van der Waals surface area contributed by atoms with Crippen molar-refractivity contribution < 1.29 is 22.3 Å². The van der Waals surface area contributed by atoms with Gasteiger partial charge in [-0.2, -0.15) is 0 Å². The number of hydrogen-bond acceptors (Lipinski definition) is 4. The number of methoxy groups -OCH3 is 2. The second-order valence-corrected chi connectivity index (χ2v) is 8.35. The molecule has 0 saturated heterocycles. The molecule has 0 aromatic heterocycles. The molecule has 0 bridgehead atoms. The van der Waals surface area contributed by atoms with Crippen LogP contribution in [0.25, 0.3) is 0 Å². The Hall–Kier alpha value is -2.77. The summed E-state index contributed by atoms with van der Waals surface area (Å²) in [6.45, 7) is -0.0245. The summed E-state index contributed by atoms with van der Waals surface area (Å²) in [6, 6.07) is 16.6. The fourth-order valence-corrected chi connectivity index (χ4v) is 4.76. The predicted octanol–water partition coefficient (Wildman–Crippen LogP) is 4.89. The summed E-state index contributed by atoms with van der Waals surface area (Å²) in [7, 11) is -1.07. The van der Waals surface area contributed by atoms with Crippen LogP contribution in [0.5, 0.6) is 11.5 Å². The highest BCUT2D eigenvalue weighted by molar-refractivity contribution is 7.93. The Morgan fingerprint density at radius 1 is 0.931 bits per heavy atom. The second-order valence-electron chi connectivity index (χ2n) is 6.11. The van der Waals surface area contributed by atoms with Crippen LogP contribution in [-0.2, 0) is 16.6 Å². The van der Waals surface area contributed by atoms with Gasteiger partial charge in [0.1, 0.15) is 10.7 Å². The summed E-state index contributed by atoms with van der Waals surface area (Å²) in [5.41, 5.74) is 0.962. The highest BCUT2D eigenvalue weighted by Crippen LogP contribution is 2.35. The second kappa shape index (κ2) is 8.71. The van der Waals surface area contributed by atoms with Gasteiger partial charge in [0.05, 0.1) is 31.5 Å². The van der Waals surface area contributed by atoms with Crippen molar-refractivity contribution in [2.24, 2.45) is 0 Å². The standard InChI is InChI=1S/C21H19ClFNO4S/c1-27-19-12-11-17(13-20(19)28-2)24(14-15-7-9-16(23)10-8-15)29(25,26)21-6-4-3-5-18(21)22/h3-13H,14H2,1-2H3. The Kier molecular flexibility index (Phi) is 6.30. The van der Waals surface area contributed by atoms with E-state index in [0.717, 1.165) is 0 Å². The average molecular weight is 436 g/mol. The van der Waals surface area contributed by atoms with E-state index in [1.807, 2.05) is 0 Å². The smallest absolute Gasteiger partial charge is 0.266 e. The highest BCUT2D eigenvalue weighted by Gasteiger charge is 2.28. The third-order valence-electron chi connectivity index (χ3n) is 4.30. The number of benzene rings is 3. The number of halogens is 2. The molecule has 152 valence electrons. The normalized spacial score (nSPS) is 11.2. The van der Waals surface area contributed by atoms with Crippen molar-refractivity contribution in [2.45, 2.75) is 11.4 Å². The summed E-state index contributed by atoms with van der Waals surface area (Å²) in [6.07, 6.45) is 0. The van der Waals surface area contributed by atoms with Gasteiger partial charge in [0.25, 0.3) is 10.0 Å². The summed E-state index contributed by atoms with van der Waals surface area (Å²) in [4.78, 5) is -0.0291. The van der Waals surface area contributed by atoms with Crippen LogP contribution in [0, 0.1) is 5.82 Å². The molecule has 5 nitrogen and oxygen atoms in total. The van der Waals surface area contributed by atoms with Gasteiger partial charge in [0, 0.05) is 6.07 Å². The Labute approximate surface area is 174 Å². The van der Waals surface area contributed by atoms with Gasteiger partial charge < -0.3 is 9.47 Å². The van der Waals surface area contributed by atoms with E-state index in [1.165, 1.54) is 54.9 Å². The minimum absolute atomic E-state index is 0.0245. The molecule has 0 aliphatic heterocycles. The molecule has 29 heavy (non-hydrogen) atoms. The quantitative estimate of drug-likeness (QED) is 0.530. The molecule has 3 aromatic rings. The van der Waals surface area contributed by atoms with Crippen LogP contribution in [0.15, 0.2) is 71.6 Å². The van der Waals surface area contributed by atoms with Crippen molar-refractivity contribution in [2.75, 3.05) is 18.5 Å². The SMILES string of the molecule is COc1ccc(N(Cc2ccc(F)cc2)S(=O)(=O)c2ccccc2Cl)cc1OC. The topological polar surface area (TPSA) is 55.8 Å². The molecule has 3 rings (SSSR count). The van der Waals surface area contributed by atoms with E-state index < -0.39 is 15.8 Å². The van der Waals surface area contributed by atoms with Crippen molar-refractivity contribution in [1.29, 1.82) is 0 Å². The fourth-order valence-electron chi connectivity index (χ4n) is 2.82. The van der Waals surface area contributed by atoms with Crippen LogP contribution in [0.2, 0.25) is 5.02 Å². The molecule has 0 radical (unpaired) electrons. The van der Waals surface area contributed by atoms with E-state index in [9.17, 15) is 12.8 Å². The summed E-state index contributed by atoms with van der Waals surface area (Å²) in [5.74, 6) is 0.442. The number of nitrogens with zero attached hydrogens (tertiary/aromatic N) is 1. The van der Waals surface area contributed by atoms with E-state index in [1.54, 1.807) is 30.3 Å². The number of hydrogen-bond donors (Lipinski definition) is 0. The lowest BCUT2D eigenvalue weighted by molar-refractivity contribution is 0.355. The maximum atomic E-state index is 13.5. The Morgan fingerprint density at radius 3 is 2.21 bits per heavy atom. The molecule has 3 aromatic carbocycles. The molecule has 0 aliphatic carbocycles. The van der Waals surface area contributed by atoms with Gasteiger partial charge in [-0.05, 0) is 42.0 Å². The van der Waals surface area contributed by atoms with E-state index in [-0.39, 0.29) is 16.5 Å². The van der Waals surface area contributed by atoms with Crippen LogP contribution in [0.1, 0.15) is 5.56 Å². The van der Waals surface area contributed by atoms with Crippen LogP contribution in [0.4, 0.5) is 10.1 Å². The monoisotopic (exact) mass is 435 g/mol.